The molecule has 3 rings (SSSR count). The molecule has 1 aromatic rings. The monoisotopic (exact) mass is 306 g/mol. The maximum absolute atomic E-state index is 12.9. The predicted molar refractivity (Wildman–Crippen MR) is 77.8 cm³/mol. The van der Waals surface area contributed by atoms with E-state index in [1.807, 2.05) is 0 Å². The molecule has 1 atom stereocenters. The van der Waals surface area contributed by atoms with Crippen molar-refractivity contribution in [2.45, 2.75) is 53.8 Å². The Balaban J connectivity index is 1.93. The molecule has 22 heavy (non-hydrogen) atoms. The molecule has 0 spiro atoms. The second kappa shape index (κ2) is 4.30. The number of hydrogen-bond acceptors (Lipinski definition) is 4. The van der Waals surface area contributed by atoms with Gasteiger partial charge in [0.15, 0.2) is 5.82 Å². The van der Waals surface area contributed by atoms with E-state index < -0.39 is 12.0 Å². The van der Waals surface area contributed by atoms with Crippen molar-refractivity contribution in [3.8, 4) is 0 Å². The van der Waals surface area contributed by atoms with Gasteiger partial charge >= 0.3 is 5.97 Å². The fourth-order valence-electron chi connectivity index (χ4n) is 3.74. The first-order valence-corrected chi connectivity index (χ1v) is 7.51. The van der Waals surface area contributed by atoms with Gasteiger partial charge < -0.3 is 14.6 Å². The highest BCUT2D eigenvalue weighted by Gasteiger charge is 2.69. The molecule has 0 bridgehead atoms. The number of carboxylic acids is 1. The van der Waals surface area contributed by atoms with Gasteiger partial charge in [-0.3, -0.25) is 4.79 Å². The molecule has 0 saturated heterocycles. The number of amides is 1. The third-order valence-corrected chi connectivity index (χ3v) is 5.89. The van der Waals surface area contributed by atoms with Crippen LogP contribution in [0, 0.1) is 23.7 Å². The lowest BCUT2D eigenvalue weighted by atomic mass is 10.0. The molecule has 7 heteroatoms. The van der Waals surface area contributed by atoms with Crippen molar-refractivity contribution >= 4 is 11.9 Å². The van der Waals surface area contributed by atoms with E-state index in [4.69, 9.17) is 0 Å². The Kier molecular flexibility index (Phi) is 2.93. The van der Waals surface area contributed by atoms with Crippen LogP contribution >= 0.6 is 0 Å². The smallest absolute Gasteiger partial charge is 0.328 e. The summed E-state index contributed by atoms with van der Waals surface area (Å²) in [7, 11) is 0. The molecule has 1 amide bonds. The summed E-state index contributed by atoms with van der Waals surface area (Å²) in [6, 6.07) is -0.859. The Bertz CT molecular complexity index is 648. The van der Waals surface area contributed by atoms with E-state index in [0.29, 0.717) is 11.6 Å². The van der Waals surface area contributed by atoms with Gasteiger partial charge in [0, 0.05) is 5.92 Å². The van der Waals surface area contributed by atoms with Crippen LogP contribution in [0.5, 0.6) is 0 Å². The van der Waals surface area contributed by atoms with Crippen molar-refractivity contribution in [2.24, 2.45) is 16.7 Å². The molecule has 120 valence electrons. The molecular weight excluding hydrogens is 284 g/mol. The van der Waals surface area contributed by atoms with E-state index in [9.17, 15) is 14.7 Å². The molecule has 1 aromatic heterocycles. The van der Waals surface area contributed by atoms with Crippen LogP contribution in [0.25, 0.3) is 0 Å². The first-order chi connectivity index (χ1) is 10.1. The van der Waals surface area contributed by atoms with Crippen LogP contribution in [-0.4, -0.2) is 42.7 Å². The molecule has 7 nitrogen and oxygen atoms in total. The van der Waals surface area contributed by atoms with Gasteiger partial charge in [0.25, 0.3) is 0 Å². The number of rotatable bonds is 2. The molecule has 2 aliphatic rings. The zero-order chi connectivity index (χ0) is 16.4. The van der Waals surface area contributed by atoms with E-state index >= 15 is 0 Å². The van der Waals surface area contributed by atoms with Crippen molar-refractivity contribution in [1.82, 2.24) is 19.7 Å². The van der Waals surface area contributed by atoms with E-state index in [2.05, 4.69) is 37.9 Å². The number of aromatic nitrogens is 3. The highest BCUT2D eigenvalue weighted by molar-refractivity contribution is 5.88. The lowest BCUT2D eigenvalue weighted by molar-refractivity contribution is -0.154. The molecule has 1 aliphatic carbocycles. The zero-order valence-corrected chi connectivity index (χ0v) is 13.6. The first-order valence-electron chi connectivity index (χ1n) is 7.51. The quantitative estimate of drug-likeness (QED) is 0.882. The van der Waals surface area contributed by atoms with E-state index in [1.54, 1.807) is 11.5 Å². The first kappa shape index (κ1) is 15.0. The van der Waals surface area contributed by atoms with Gasteiger partial charge in [0.1, 0.15) is 11.9 Å². The minimum atomic E-state index is -0.983. The SMILES string of the molecule is Cc1nnc2n1CC(C(=O)O)N(C(=O)C1C(C)(C)C1(C)C)C2. The fourth-order valence-corrected chi connectivity index (χ4v) is 3.74. The van der Waals surface area contributed by atoms with Gasteiger partial charge in [-0.15, -0.1) is 10.2 Å². The van der Waals surface area contributed by atoms with Crippen LogP contribution in [0.2, 0.25) is 0 Å². The topological polar surface area (TPSA) is 88.3 Å². The molecule has 1 unspecified atom stereocenters. The van der Waals surface area contributed by atoms with Gasteiger partial charge in [-0.25, -0.2) is 4.79 Å². The standard InChI is InChI=1S/C15H22N4O3/c1-8-16-17-10-7-19(9(13(21)22)6-18(8)10)12(20)11-14(2,3)15(11,4)5/h9,11H,6-7H2,1-5H3,(H,21,22). The number of carboxylic acid groups (broad SMARTS) is 1. The fraction of sp³-hybridized carbons (Fsp3) is 0.733. The second-order valence-electron chi connectivity index (χ2n) is 7.47. The Morgan fingerprint density at radius 2 is 1.77 bits per heavy atom. The third-order valence-electron chi connectivity index (χ3n) is 5.89. The molecule has 1 aliphatic heterocycles. The predicted octanol–water partition coefficient (Wildman–Crippen LogP) is 1.06. The van der Waals surface area contributed by atoms with Gasteiger partial charge in [-0.1, -0.05) is 27.7 Å². The molecule has 2 heterocycles. The number of hydrogen-bond donors (Lipinski definition) is 1. The van der Waals surface area contributed by atoms with Crippen LogP contribution in [0.4, 0.5) is 0 Å². The van der Waals surface area contributed by atoms with E-state index in [1.165, 1.54) is 4.90 Å². The molecule has 0 aromatic carbocycles. The van der Waals surface area contributed by atoms with Crippen LogP contribution < -0.4 is 0 Å². The van der Waals surface area contributed by atoms with Crippen LogP contribution in [0.15, 0.2) is 0 Å². The van der Waals surface area contributed by atoms with Crippen LogP contribution in [0.3, 0.4) is 0 Å². The summed E-state index contributed by atoms with van der Waals surface area (Å²) in [4.78, 5) is 26.0. The normalized spacial score (nSPS) is 25.7. The summed E-state index contributed by atoms with van der Waals surface area (Å²) in [5.74, 6) is 0.107. The number of aliphatic carboxylic acids is 1. The average Bonchev–Trinajstić information content (AvgIpc) is 2.69. The summed E-state index contributed by atoms with van der Waals surface area (Å²) < 4.78 is 1.78. The number of fused-ring (bicyclic) bond motifs is 1. The largest absolute Gasteiger partial charge is 0.480 e. The molecular formula is C15H22N4O3. The van der Waals surface area contributed by atoms with Crippen molar-refractivity contribution < 1.29 is 14.7 Å². The zero-order valence-electron chi connectivity index (χ0n) is 13.6. The number of carbonyl (C=O) groups is 2. The molecule has 1 saturated carbocycles. The second-order valence-corrected chi connectivity index (χ2v) is 7.47. The van der Waals surface area contributed by atoms with E-state index in [-0.39, 0.29) is 35.7 Å². The van der Waals surface area contributed by atoms with Gasteiger partial charge in [0.2, 0.25) is 5.91 Å². The molecule has 0 radical (unpaired) electrons. The van der Waals surface area contributed by atoms with Crippen LogP contribution in [0.1, 0.15) is 39.3 Å². The summed E-state index contributed by atoms with van der Waals surface area (Å²) in [5, 5.41) is 17.6. The number of carbonyl (C=O) groups excluding carboxylic acids is 1. The van der Waals surface area contributed by atoms with Crippen LogP contribution in [-0.2, 0) is 22.7 Å². The summed E-state index contributed by atoms with van der Waals surface area (Å²) in [6.45, 7) is 10.4. The third kappa shape index (κ3) is 1.80. The van der Waals surface area contributed by atoms with Gasteiger partial charge in [-0.05, 0) is 17.8 Å². The highest BCUT2D eigenvalue weighted by Crippen LogP contribution is 2.69. The Hall–Kier alpha value is -1.92. The Labute approximate surface area is 129 Å². The molecule has 1 fully saturated rings. The van der Waals surface area contributed by atoms with Crippen molar-refractivity contribution in [2.75, 3.05) is 0 Å². The lowest BCUT2D eigenvalue weighted by Gasteiger charge is -2.34. The Morgan fingerprint density at radius 1 is 1.18 bits per heavy atom. The van der Waals surface area contributed by atoms with E-state index in [0.717, 1.165) is 0 Å². The van der Waals surface area contributed by atoms with Crippen molar-refractivity contribution in [3.63, 3.8) is 0 Å². The molecule has 1 N–H and O–H groups in total. The Morgan fingerprint density at radius 3 is 2.27 bits per heavy atom. The minimum absolute atomic E-state index is 0.0886. The number of nitrogens with zero attached hydrogens (tertiary/aromatic N) is 4. The van der Waals surface area contributed by atoms with Gasteiger partial charge in [0.05, 0.1) is 13.1 Å². The summed E-state index contributed by atoms with van der Waals surface area (Å²) in [5.41, 5.74) is -0.234. The maximum Gasteiger partial charge on any atom is 0.328 e. The van der Waals surface area contributed by atoms with Gasteiger partial charge in [-0.2, -0.15) is 0 Å². The number of aryl methyl sites for hydroxylation is 1. The highest BCUT2D eigenvalue weighted by atomic mass is 16.4. The van der Waals surface area contributed by atoms with Crippen molar-refractivity contribution in [1.29, 1.82) is 0 Å². The van der Waals surface area contributed by atoms with Crippen molar-refractivity contribution in [3.05, 3.63) is 11.6 Å². The summed E-state index contributed by atoms with van der Waals surface area (Å²) >= 11 is 0. The summed E-state index contributed by atoms with van der Waals surface area (Å²) in [6.07, 6.45) is 0. The minimum Gasteiger partial charge on any atom is -0.480 e. The lowest BCUT2D eigenvalue weighted by Crippen LogP contribution is -2.51. The maximum atomic E-state index is 12.9. The average molecular weight is 306 g/mol.